The van der Waals surface area contributed by atoms with E-state index in [1.165, 1.54) is 12.8 Å². The van der Waals surface area contributed by atoms with Crippen LogP contribution in [0.2, 0.25) is 0 Å². The Morgan fingerprint density at radius 3 is 2.78 bits per heavy atom. The van der Waals surface area contributed by atoms with E-state index in [2.05, 4.69) is 22.9 Å². The molecule has 2 amide bonds. The highest BCUT2D eigenvalue weighted by molar-refractivity contribution is 5.78. The predicted molar refractivity (Wildman–Crippen MR) is 71.1 cm³/mol. The van der Waals surface area contributed by atoms with E-state index in [1.807, 2.05) is 0 Å². The van der Waals surface area contributed by atoms with Gasteiger partial charge in [-0.3, -0.25) is 9.59 Å². The fourth-order valence-corrected chi connectivity index (χ4v) is 2.34. The van der Waals surface area contributed by atoms with Crippen LogP contribution in [0.25, 0.3) is 0 Å². The molecule has 3 N–H and O–H groups in total. The molecular formula is C13H25N3O2. The zero-order valence-corrected chi connectivity index (χ0v) is 11.4. The van der Waals surface area contributed by atoms with E-state index >= 15 is 0 Å². The molecule has 1 rings (SSSR count). The SMILES string of the molecule is CNC(=O)CCNC(=O)CC(C)C1CCCNC1. The smallest absolute Gasteiger partial charge is 0.221 e. The van der Waals surface area contributed by atoms with E-state index < -0.39 is 0 Å². The van der Waals surface area contributed by atoms with E-state index in [0.29, 0.717) is 31.2 Å². The van der Waals surface area contributed by atoms with Gasteiger partial charge in [0.2, 0.25) is 11.8 Å². The zero-order valence-electron chi connectivity index (χ0n) is 11.4. The van der Waals surface area contributed by atoms with Gasteiger partial charge >= 0.3 is 0 Å². The average Bonchev–Trinajstić information content (AvgIpc) is 2.39. The molecule has 0 spiro atoms. The number of amides is 2. The Hall–Kier alpha value is -1.10. The first kappa shape index (κ1) is 15.0. The van der Waals surface area contributed by atoms with Crippen LogP contribution in [0.4, 0.5) is 0 Å². The van der Waals surface area contributed by atoms with Crippen molar-refractivity contribution in [1.82, 2.24) is 16.0 Å². The lowest BCUT2D eigenvalue weighted by Gasteiger charge is -2.28. The van der Waals surface area contributed by atoms with Gasteiger partial charge in [-0.1, -0.05) is 6.92 Å². The molecule has 2 unspecified atom stereocenters. The maximum atomic E-state index is 11.7. The molecule has 5 nitrogen and oxygen atoms in total. The lowest BCUT2D eigenvalue weighted by Crippen LogP contribution is -2.36. The van der Waals surface area contributed by atoms with Crippen LogP contribution >= 0.6 is 0 Å². The van der Waals surface area contributed by atoms with Crippen molar-refractivity contribution >= 4 is 11.8 Å². The molecule has 1 fully saturated rings. The molecule has 0 bridgehead atoms. The first-order chi connectivity index (χ1) is 8.63. The second kappa shape index (κ2) is 8.08. The van der Waals surface area contributed by atoms with Gasteiger partial charge < -0.3 is 16.0 Å². The number of nitrogens with one attached hydrogen (secondary N) is 3. The number of carbonyl (C=O) groups excluding carboxylic acids is 2. The van der Waals surface area contributed by atoms with Gasteiger partial charge in [-0.25, -0.2) is 0 Å². The number of piperidine rings is 1. The summed E-state index contributed by atoms with van der Waals surface area (Å²) in [5.41, 5.74) is 0. The van der Waals surface area contributed by atoms with Crippen molar-refractivity contribution < 1.29 is 9.59 Å². The van der Waals surface area contributed by atoms with Crippen molar-refractivity contribution in [2.75, 3.05) is 26.7 Å². The standard InChI is InChI=1S/C13H25N3O2/c1-10(11-4-3-6-15-9-11)8-13(18)16-7-5-12(17)14-2/h10-11,15H,3-9H2,1-2H3,(H,14,17)(H,16,18). The summed E-state index contributed by atoms with van der Waals surface area (Å²) in [5, 5.41) is 8.70. The largest absolute Gasteiger partial charge is 0.359 e. The van der Waals surface area contributed by atoms with Gasteiger partial charge in [0.1, 0.15) is 0 Å². The quantitative estimate of drug-likeness (QED) is 0.638. The molecule has 5 heteroatoms. The Kier molecular flexibility index (Phi) is 6.72. The maximum absolute atomic E-state index is 11.7. The third-order valence-corrected chi connectivity index (χ3v) is 3.60. The Morgan fingerprint density at radius 2 is 2.17 bits per heavy atom. The van der Waals surface area contributed by atoms with E-state index in [-0.39, 0.29) is 11.8 Å². The van der Waals surface area contributed by atoms with Crippen molar-refractivity contribution in [3.05, 3.63) is 0 Å². The van der Waals surface area contributed by atoms with Gasteiger partial charge in [-0.2, -0.15) is 0 Å². The molecule has 0 aromatic heterocycles. The van der Waals surface area contributed by atoms with Crippen molar-refractivity contribution in [2.24, 2.45) is 11.8 Å². The fourth-order valence-electron chi connectivity index (χ4n) is 2.34. The monoisotopic (exact) mass is 255 g/mol. The second-order valence-corrected chi connectivity index (χ2v) is 5.06. The Morgan fingerprint density at radius 1 is 1.39 bits per heavy atom. The summed E-state index contributed by atoms with van der Waals surface area (Å²) >= 11 is 0. The molecular weight excluding hydrogens is 230 g/mol. The molecule has 0 saturated carbocycles. The summed E-state index contributed by atoms with van der Waals surface area (Å²) in [4.78, 5) is 22.7. The summed E-state index contributed by atoms with van der Waals surface area (Å²) in [6.07, 6.45) is 3.31. The topological polar surface area (TPSA) is 70.2 Å². The van der Waals surface area contributed by atoms with E-state index in [4.69, 9.17) is 0 Å². The second-order valence-electron chi connectivity index (χ2n) is 5.06. The van der Waals surface area contributed by atoms with Gasteiger partial charge in [-0.05, 0) is 37.8 Å². The Balaban J connectivity index is 2.16. The number of hydrogen-bond donors (Lipinski definition) is 3. The number of rotatable bonds is 6. The summed E-state index contributed by atoms with van der Waals surface area (Å²) in [6.45, 7) is 4.68. The van der Waals surface area contributed by atoms with Crippen molar-refractivity contribution in [3.63, 3.8) is 0 Å². The van der Waals surface area contributed by atoms with Crippen LogP contribution in [0, 0.1) is 11.8 Å². The molecule has 0 radical (unpaired) electrons. The van der Waals surface area contributed by atoms with Crippen LogP contribution in [0.1, 0.15) is 32.6 Å². The third kappa shape index (κ3) is 5.49. The van der Waals surface area contributed by atoms with E-state index in [1.54, 1.807) is 7.05 Å². The summed E-state index contributed by atoms with van der Waals surface area (Å²) in [6, 6.07) is 0. The van der Waals surface area contributed by atoms with Gasteiger partial charge in [0, 0.05) is 26.4 Å². The van der Waals surface area contributed by atoms with Crippen molar-refractivity contribution in [2.45, 2.75) is 32.6 Å². The molecule has 104 valence electrons. The normalized spacial score (nSPS) is 21.1. The van der Waals surface area contributed by atoms with Gasteiger partial charge in [-0.15, -0.1) is 0 Å². The van der Waals surface area contributed by atoms with E-state index in [0.717, 1.165) is 13.1 Å². The minimum atomic E-state index is -0.0418. The molecule has 1 aliphatic rings. The van der Waals surface area contributed by atoms with Crippen LogP contribution in [0.15, 0.2) is 0 Å². The van der Waals surface area contributed by atoms with Crippen LogP contribution in [-0.2, 0) is 9.59 Å². The molecule has 18 heavy (non-hydrogen) atoms. The molecule has 2 atom stereocenters. The number of hydrogen-bond acceptors (Lipinski definition) is 3. The van der Waals surface area contributed by atoms with Gasteiger partial charge in [0.25, 0.3) is 0 Å². The Bertz CT molecular complexity index is 275. The molecule has 1 heterocycles. The average molecular weight is 255 g/mol. The molecule has 1 saturated heterocycles. The summed E-state index contributed by atoms with van der Waals surface area (Å²) in [5.74, 6) is 1.01. The molecule has 0 aliphatic carbocycles. The third-order valence-electron chi connectivity index (χ3n) is 3.60. The summed E-state index contributed by atoms with van der Waals surface area (Å²) < 4.78 is 0. The van der Waals surface area contributed by atoms with Crippen LogP contribution in [0.3, 0.4) is 0 Å². The highest BCUT2D eigenvalue weighted by Crippen LogP contribution is 2.22. The number of carbonyl (C=O) groups is 2. The first-order valence-corrected chi connectivity index (χ1v) is 6.81. The van der Waals surface area contributed by atoms with Crippen molar-refractivity contribution in [1.29, 1.82) is 0 Å². The van der Waals surface area contributed by atoms with Crippen LogP contribution in [-0.4, -0.2) is 38.5 Å². The Labute approximate surface area is 109 Å². The zero-order chi connectivity index (χ0) is 13.4. The lowest BCUT2D eigenvalue weighted by molar-refractivity contribution is -0.123. The summed E-state index contributed by atoms with van der Waals surface area (Å²) in [7, 11) is 1.60. The van der Waals surface area contributed by atoms with Gasteiger partial charge in [0.15, 0.2) is 0 Å². The van der Waals surface area contributed by atoms with Crippen molar-refractivity contribution in [3.8, 4) is 0 Å². The molecule has 0 aromatic rings. The molecule has 1 aliphatic heterocycles. The highest BCUT2D eigenvalue weighted by atomic mass is 16.2. The predicted octanol–water partition coefficient (Wildman–Crippen LogP) is 0.265. The lowest BCUT2D eigenvalue weighted by atomic mass is 9.85. The fraction of sp³-hybridized carbons (Fsp3) is 0.846. The highest BCUT2D eigenvalue weighted by Gasteiger charge is 2.21. The van der Waals surface area contributed by atoms with E-state index in [9.17, 15) is 9.59 Å². The van der Waals surface area contributed by atoms with Crippen LogP contribution < -0.4 is 16.0 Å². The maximum Gasteiger partial charge on any atom is 0.221 e. The molecule has 0 aromatic carbocycles. The first-order valence-electron chi connectivity index (χ1n) is 6.81. The minimum Gasteiger partial charge on any atom is -0.359 e. The minimum absolute atomic E-state index is 0.0418. The van der Waals surface area contributed by atoms with Gasteiger partial charge in [0.05, 0.1) is 0 Å². The van der Waals surface area contributed by atoms with Crippen LogP contribution in [0.5, 0.6) is 0 Å².